The highest BCUT2D eigenvalue weighted by Crippen LogP contribution is 2.68. The fraction of sp³-hybridized carbons (Fsp3) is 0.956. The Kier molecular flexibility index (Phi) is 16.0. The van der Waals surface area contributed by atoms with E-state index in [9.17, 15) is 66.4 Å². The van der Waals surface area contributed by atoms with E-state index in [1.165, 1.54) is 0 Å². The third-order valence-corrected chi connectivity index (χ3v) is 16.8. The predicted molar refractivity (Wildman–Crippen MR) is 221 cm³/mol. The van der Waals surface area contributed by atoms with Crippen LogP contribution >= 0.6 is 0 Å². The average Bonchev–Trinajstić information content (AvgIpc) is 3.56. The van der Waals surface area contributed by atoms with Crippen molar-refractivity contribution < 1.29 is 94.8 Å². The van der Waals surface area contributed by atoms with Gasteiger partial charge in [-0.05, 0) is 85.9 Å². The van der Waals surface area contributed by atoms with Crippen molar-refractivity contribution >= 4 is 0 Å². The molecule has 7 aliphatic rings. The molecule has 370 valence electrons. The minimum absolute atomic E-state index is 0.0162. The molecule has 19 heteroatoms. The van der Waals surface area contributed by atoms with Gasteiger partial charge in [0.15, 0.2) is 18.9 Å². The van der Waals surface area contributed by atoms with Gasteiger partial charge in [0.05, 0.1) is 44.2 Å². The summed E-state index contributed by atoms with van der Waals surface area (Å²) in [6.45, 7) is 8.79. The maximum absolute atomic E-state index is 11.7. The molecule has 0 aromatic rings. The van der Waals surface area contributed by atoms with Crippen molar-refractivity contribution in [1.29, 1.82) is 0 Å². The molecule has 0 aromatic heterocycles. The molecule has 26 unspecified atom stereocenters. The molecule has 0 radical (unpaired) electrons. The number of fused-ring (bicyclic) bond motifs is 5. The van der Waals surface area contributed by atoms with E-state index in [0.29, 0.717) is 31.6 Å². The van der Waals surface area contributed by atoms with Crippen LogP contribution < -0.4 is 0 Å². The molecule has 3 saturated heterocycles. The number of rotatable bonds is 14. The van der Waals surface area contributed by atoms with Gasteiger partial charge in [-0.1, -0.05) is 46.3 Å². The smallest absolute Gasteiger partial charge is 0.187 e. The molecular formula is C45H76O19. The lowest BCUT2D eigenvalue weighted by atomic mass is 9.46. The SMILES string of the molecule is CC(C)CCC(O)C(C)C1C(OC2OC(CO)C(O)C(O)C2O)CC2C3CC=C4CC(O)CC(OC5OC(COC6OC(CO)C(O)C(O)C6O)C(O)C(O)C5O)C4(C)C3CCC21C. The Morgan fingerprint density at radius 2 is 1.22 bits per heavy atom. The van der Waals surface area contributed by atoms with Gasteiger partial charge in [-0.15, -0.1) is 0 Å². The Labute approximate surface area is 374 Å². The molecule has 64 heavy (non-hydrogen) atoms. The largest absolute Gasteiger partial charge is 0.394 e. The van der Waals surface area contributed by atoms with Crippen molar-refractivity contribution in [3.8, 4) is 0 Å². The lowest BCUT2D eigenvalue weighted by Gasteiger charge is -2.60. The van der Waals surface area contributed by atoms with E-state index in [0.717, 1.165) is 24.8 Å². The number of aliphatic hydroxyl groups excluding tert-OH is 13. The first-order valence-corrected chi connectivity index (χ1v) is 23.5. The quantitative estimate of drug-likeness (QED) is 0.0821. The van der Waals surface area contributed by atoms with E-state index in [-0.39, 0.29) is 41.4 Å². The van der Waals surface area contributed by atoms with Crippen LogP contribution in [0.4, 0.5) is 0 Å². The third-order valence-electron chi connectivity index (χ3n) is 16.8. The van der Waals surface area contributed by atoms with Crippen LogP contribution in [0, 0.1) is 46.3 Å². The zero-order valence-electron chi connectivity index (χ0n) is 37.6. The normalized spacial score (nSPS) is 51.8. The molecule has 13 N–H and O–H groups in total. The standard InChI is InChI=1S/C45H76O19/c1-18(2)6-9-25(49)19(3)31-26(60-42-39(57)36(54)33(51)28(16-47)62-42)14-24-22-8-7-20-12-21(48)13-30(45(20,5)23(22)10-11-44(24,31)4)64-43-40(58)37(55)34(52)29(63-43)17-59-41-38(56)35(53)32(50)27(15-46)61-41/h7,18-19,21-43,46-58H,6,8-17H2,1-5H3. The molecular weight excluding hydrogens is 844 g/mol. The molecule has 0 spiro atoms. The predicted octanol–water partition coefficient (Wildman–Crippen LogP) is -2.23. The second kappa shape index (κ2) is 20.1. The number of allylic oxidation sites excluding steroid dienone is 1. The van der Waals surface area contributed by atoms with Gasteiger partial charge in [0.1, 0.15) is 73.2 Å². The van der Waals surface area contributed by atoms with Gasteiger partial charge < -0.3 is 94.8 Å². The summed E-state index contributed by atoms with van der Waals surface area (Å²) in [7, 11) is 0. The number of hydrogen-bond acceptors (Lipinski definition) is 19. The van der Waals surface area contributed by atoms with Gasteiger partial charge in [0, 0.05) is 11.8 Å². The van der Waals surface area contributed by atoms with Gasteiger partial charge in [0.25, 0.3) is 0 Å². The third kappa shape index (κ3) is 9.25. The highest BCUT2D eigenvalue weighted by atomic mass is 16.7. The summed E-state index contributed by atoms with van der Waals surface area (Å²) in [5.41, 5.74) is -0.0819. The van der Waals surface area contributed by atoms with Crippen molar-refractivity contribution in [1.82, 2.24) is 0 Å². The fourth-order valence-corrected chi connectivity index (χ4v) is 13.1. The van der Waals surface area contributed by atoms with Crippen molar-refractivity contribution in [2.45, 2.75) is 203 Å². The van der Waals surface area contributed by atoms with Crippen LogP contribution in [0.5, 0.6) is 0 Å². The van der Waals surface area contributed by atoms with E-state index in [2.05, 4.69) is 33.8 Å². The second-order valence-corrected chi connectivity index (χ2v) is 21.0. The van der Waals surface area contributed by atoms with Crippen molar-refractivity contribution in [2.75, 3.05) is 19.8 Å². The maximum atomic E-state index is 11.7. The molecule has 19 nitrogen and oxygen atoms in total. The zero-order chi connectivity index (χ0) is 46.7. The van der Waals surface area contributed by atoms with Crippen LogP contribution in [0.1, 0.15) is 86.0 Å². The lowest BCUT2D eigenvalue weighted by Crippen LogP contribution is -2.63. The molecule has 3 saturated carbocycles. The summed E-state index contributed by atoms with van der Waals surface area (Å²) in [6, 6.07) is 0. The first-order valence-electron chi connectivity index (χ1n) is 23.5. The summed E-state index contributed by atoms with van der Waals surface area (Å²) in [5, 5.41) is 139. The lowest BCUT2D eigenvalue weighted by molar-refractivity contribution is -0.342. The van der Waals surface area contributed by atoms with Crippen molar-refractivity contribution in [3.05, 3.63) is 11.6 Å². The Bertz CT molecular complexity index is 1570. The minimum Gasteiger partial charge on any atom is -0.394 e. The van der Waals surface area contributed by atoms with Crippen LogP contribution in [-0.2, 0) is 28.4 Å². The van der Waals surface area contributed by atoms with Crippen molar-refractivity contribution in [2.24, 2.45) is 46.3 Å². The Hall–Kier alpha value is -1.02. The summed E-state index contributed by atoms with van der Waals surface area (Å²) in [4.78, 5) is 0. The van der Waals surface area contributed by atoms with E-state index in [1.54, 1.807) is 0 Å². The number of aliphatic hydroxyl groups is 13. The molecule has 0 bridgehead atoms. The number of ether oxygens (including phenoxy) is 6. The Morgan fingerprint density at radius 1 is 0.672 bits per heavy atom. The first kappa shape index (κ1) is 50.8. The first-order chi connectivity index (χ1) is 30.2. The molecule has 26 atom stereocenters. The summed E-state index contributed by atoms with van der Waals surface area (Å²) in [6.07, 6.45) is -19.1. The highest BCUT2D eigenvalue weighted by Gasteiger charge is 2.65. The fourth-order valence-electron chi connectivity index (χ4n) is 13.1. The zero-order valence-corrected chi connectivity index (χ0v) is 37.6. The molecule has 0 aromatic carbocycles. The van der Waals surface area contributed by atoms with Gasteiger partial charge in [-0.2, -0.15) is 0 Å². The van der Waals surface area contributed by atoms with Crippen LogP contribution in [0.25, 0.3) is 0 Å². The van der Waals surface area contributed by atoms with Crippen LogP contribution in [0.2, 0.25) is 0 Å². The van der Waals surface area contributed by atoms with E-state index in [1.807, 2.05) is 6.92 Å². The molecule has 7 rings (SSSR count). The van der Waals surface area contributed by atoms with E-state index < -0.39 is 142 Å². The van der Waals surface area contributed by atoms with Gasteiger partial charge >= 0.3 is 0 Å². The summed E-state index contributed by atoms with van der Waals surface area (Å²) >= 11 is 0. The highest BCUT2D eigenvalue weighted by molar-refractivity contribution is 5.28. The molecule has 0 amide bonds. The second-order valence-electron chi connectivity index (χ2n) is 21.0. The van der Waals surface area contributed by atoms with Crippen molar-refractivity contribution in [3.63, 3.8) is 0 Å². The minimum atomic E-state index is -1.76. The Balaban J connectivity index is 1.13. The van der Waals surface area contributed by atoms with Gasteiger partial charge in [-0.3, -0.25) is 0 Å². The van der Waals surface area contributed by atoms with Crippen LogP contribution in [0.15, 0.2) is 11.6 Å². The Morgan fingerprint density at radius 3 is 1.81 bits per heavy atom. The summed E-state index contributed by atoms with van der Waals surface area (Å²) in [5.74, 6) is -0.0300. The maximum Gasteiger partial charge on any atom is 0.187 e. The van der Waals surface area contributed by atoms with Gasteiger partial charge in [0.2, 0.25) is 0 Å². The summed E-state index contributed by atoms with van der Waals surface area (Å²) < 4.78 is 36.4. The molecule has 3 aliphatic heterocycles. The van der Waals surface area contributed by atoms with Gasteiger partial charge in [-0.25, -0.2) is 0 Å². The van der Waals surface area contributed by atoms with E-state index >= 15 is 0 Å². The van der Waals surface area contributed by atoms with Crippen LogP contribution in [-0.4, -0.2) is 203 Å². The topological polar surface area (TPSA) is 318 Å². The molecule has 3 heterocycles. The molecule has 6 fully saturated rings. The monoisotopic (exact) mass is 920 g/mol. The molecule has 4 aliphatic carbocycles. The van der Waals surface area contributed by atoms with E-state index in [4.69, 9.17) is 28.4 Å². The number of hydrogen-bond donors (Lipinski definition) is 13. The van der Waals surface area contributed by atoms with Crippen LogP contribution in [0.3, 0.4) is 0 Å². The average molecular weight is 921 g/mol.